The lowest BCUT2D eigenvalue weighted by Crippen LogP contribution is -2.62. The molecule has 25 heavy (non-hydrogen) atoms. The highest BCUT2D eigenvalue weighted by atomic mass is 16.2. The first kappa shape index (κ1) is 17.5. The number of carbonyl (C=O) groups excluding carboxylic acids is 3. The molecule has 0 spiro atoms. The van der Waals surface area contributed by atoms with Gasteiger partial charge in [0.05, 0.1) is 0 Å². The molecule has 0 aliphatic carbocycles. The second-order valence-corrected chi connectivity index (χ2v) is 7.15. The van der Waals surface area contributed by atoms with E-state index in [2.05, 4.69) is 10.6 Å². The van der Waals surface area contributed by atoms with E-state index in [-0.39, 0.29) is 29.7 Å². The first-order valence-corrected chi connectivity index (χ1v) is 8.89. The maximum atomic E-state index is 12.7. The van der Waals surface area contributed by atoms with Gasteiger partial charge in [-0.2, -0.15) is 0 Å². The zero-order chi connectivity index (χ0) is 18.1. The summed E-state index contributed by atoms with van der Waals surface area (Å²) in [5, 5.41) is 5.81. The Balaban J connectivity index is 1.68. The van der Waals surface area contributed by atoms with Gasteiger partial charge in [-0.15, -0.1) is 0 Å². The SMILES string of the molecule is CC[C@H](C)[C@@H]1NC(=O)[C@@H]2C[C@H](NC(=O)c3ccc(C)cc3)CN2C1=O. The van der Waals surface area contributed by atoms with Gasteiger partial charge in [0, 0.05) is 18.2 Å². The number of nitrogens with zero attached hydrogens (tertiary/aromatic N) is 1. The Morgan fingerprint density at radius 3 is 2.64 bits per heavy atom. The summed E-state index contributed by atoms with van der Waals surface area (Å²) >= 11 is 0. The molecule has 6 heteroatoms. The number of rotatable bonds is 4. The van der Waals surface area contributed by atoms with Crippen LogP contribution in [-0.4, -0.2) is 47.3 Å². The lowest BCUT2D eigenvalue weighted by molar-refractivity contribution is -0.148. The van der Waals surface area contributed by atoms with Gasteiger partial charge in [0.25, 0.3) is 5.91 Å². The van der Waals surface area contributed by atoms with Crippen molar-refractivity contribution < 1.29 is 14.4 Å². The molecular formula is C19H25N3O3. The molecule has 2 fully saturated rings. The first-order valence-electron chi connectivity index (χ1n) is 8.89. The van der Waals surface area contributed by atoms with E-state index < -0.39 is 12.1 Å². The van der Waals surface area contributed by atoms with Crippen molar-refractivity contribution in [2.45, 2.75) is 51.7 Å². The van der Waals surface area contributed by atoms with E-state index in [0.29, 0.717) is 18.5 Å². The standard InChI is InChI=1S/C19H25N3O3/c1-4-12(3)16-19(25)22-10-14(9-15(22)18(24)21-16)20-17(23)13-7-5-11(2)6-8-13/h5-8,12,14-16H,4,9-10H2,1-3H3,(H,20,23)(H,21,24)/t12-,14-,15-,16-/m0/s1. The smallest absolute Gasteiger partial charge is 0.251 e. The van der Waals surface area contributed by atoms with Gasteiger partial charge < -0.3 is 15.5 Å². The Bertz CT molecular complexity index is 686. The van der Waals surface area contributed by atoms with Gasteiger partial charge >= 0.3 is 0 Å². The molecule has 2 aliphatic rings. The van der Waals surface area contributed by atoms with Crippen LogP contribution >= 0.6 is 0 Å². The lowest BCUT2D eigenvalue weighted by atomic mass is 9.95. The minimum atomic E-state index is -0.476. The molecule has 134 valence electrons. The Morgan fingerprint density at radius 2 is 2.00 bits per heavy atom. The third-order valence-corrected chi connectivity index (χ3v) is 5.31. The number of hydrogen-bond acceptors (Lipinski definition) is 3. The highest BCUT2D eigenvalue weighted by Crippen LogP contribution is 2.26. The molecule has 2 N–H and O–H groups in total. The number of amides is 3. The van der Waals surface area contributed by atoms with Crippen LogP contribution in [-0.2, 0) is 9.59 Å². The van der Waals surface area contributed by atoms with Crippen molar-refractivity contribution in [2.75, 3.05) is 6.54 Å². The van der Waals surface area contributed by atoms with Crippen LogP contribution in [0.2, 0.25) is 0 Å². The summed E-state index contributed by atoms with van der Waals surface area (Å²) in [6, 6.07) is 6.20. The first-order chi connectivity index (χ1) is 11.9. The molecule has 0 bridgehead atoms. The van der Waals surface area contributed by atoms with Gasteiger partial charge in [-0.1, -0.05) is 38.0 Å². The largest absolute Gasteiger partial charge is 0.347 e. The molecular weight excluding hydrogens is 318 g/mol. The molecule has 2 aliphatic heterocycles. The summed E-state index contributed by atoms with van der Waals surface area (Å²) in [7, 11) is 0. The van der Waals surface area contributed by atoms with E-state index >= 15 is 0 Å². The second-order valence-electron chi connectivity index (χ2n) is 7.15. The van der Waals surface area contributed by atoms with Gasteiger partial charge in [0.15, 0.2) is 0 Å². The number of hydrogen-bond donors (Lipinski definition) is 2. The van der Waals surface area contributed by atoms with Crippen LogP contribution in [0.5, 0.6) is 0 Å². The molecule has 0 unspecified atom stereocenters. The Kier molecular flexibility index (Phi) is 4.79. The van der Waals surface area contributed by atoms with Gasteiger partial charge in [-0.05, 0) is 31.4 Å². The van der Waals surface area contributed by atoms with E-state index in [4.69, 9.17) is 0 Å². The quantitative estimate of drug-likeness (QED) is 0.863. The van der Waals surface area contributed by atoms with Crippen LogP contribution in [0.25, 0.3) is 0 Å². The number of nitrogens with one attached hydrogen (secondary N) is 2. The minimum absolute atomic E-state index is 0.0361. The van der Waals surface area contributed by atoms with E-state index in [0.717, 1.165) is 12.0 Å². The summed E-state index contributed by atoms with van der Waals surface area (Å²) in [6.07, 6.45) is 1.28. The van der Waals surface area contributed by atoms with Crippen molar-refractivity contribution in [2.24, 2.45) is 5.92 Å². The molecule has 1 aromatic carbocycles. The van der Waals surface area contributed by atoms with E-state index in [9.17, 15) is 14.4 Å². The normalized spacial score (nSPS) is 26.8. The molecule has 2 saturated heterocycles. The molecule has 4 atom stereocenters. The zero-order valence-corrected chi connectivity index (χ0v) is 14.9. The van der Waals surface area contributed by atoms with Crippen molar-refractivity contribution in [1.82, 2.24) is 15.5 Å². The molecule has 1 aromatic rings. The minimum Gasteiger partial charge on any atom is -0.347 e. The van der Waals surface area contributed by atoms with E-state index in [1.165, 1.54) is 0 Å². The fourth-order valence-electron chi connectivity index (χ4n) is 3.52. The molecule has 3 rings (SSSR count). The Hall–Kier alpha value is -2.37. The van der Waals surface area contributed by atoms with Crippen LogP contribution in [0.15, 0.2) is 24.3 Å². The highest BCUT2D eigenvalue weighted by molar-refractivity contribution is 5.98. The van der Waals surface area contributed by atoms with Crippen molar-refractivity contribution in [3.63, 3.8) is 0 Å². The van der Waals surface area contributed by atoms with Gasteiger partial charge in [0.2, 0.25) is 11.8 Å². The molecule has 3 amide bonds. The third-order valence-electron chi connectivity index (χ3n) is 5.31. The highest BCUT2D eigenvalue weighted by Gasteiger charge is 2.47. The van der Waals surface area contributed by atoms with Gasteiger partial charge in [0.1, 0.15) is 12.1 Å². The van der Waals surface area contributed by atoms with Crippen molar-refractivity contribution in [1.29, 1.82) is 0 Å². The van der Waals surface area contributed by atoms with E-state index in [1.54, 1.807) is 17.0 Å². The van der Waals surface area contributed by atoms with Crippen LogP contribution in [0, 0.1) is 12.8 Å². The summed E-state index contributed by atoms with van der Waals surface area (Å²) in [5.41, 5.74) is 1.68. The number of aryl methyl sites for hydroxylation is 1. The van der Waals surface area contributed by atoms with Crippen LogP contribution in [0.3, 0.4) is 0 Å². The van der Waals surface area contributed by atoms with Crippen LogP contribution in [0.4, 0.5) is 0 Å². The summed E-state index contributed by atoms with van der Waals surface area (Å²) in [6.45, 7) is 6.33. The Labute approximate surface area is 148 Å². The van der Waals surface area contributed by atoms with Crippen molar-refractivity contribution in [3.05, 3.63) is 35.4 Å². The number of carbonyl (C=O) groups is 3. The molecule has 0 aromatic heterocycles. The number of benzene rings is 1. The summed E-state index contributed by atoms with van der Waals surface area (Å²) in [5.74, 6) is -0.224. The average molecular weight is 343 g/mol. The molecule has 6 nitrogen and oxygen atoms in total. The maximum Gasteiger partial charge on any atom is 0.251 e. The topological polar surface area (TPSA) is 78.5 Å². The molecule has 2 heterocycles. The fourth-order valence-corrected chi connectivity index (χ4v) is 3.52. The van der Waals surface area contributed by atoms with Crippen LogP contribution < -0.4 is 10.6 Å². The van der Waals surface area contributed by atoms with E-state index in [1.807, 2.05) is 32.9 Å². The maximum absolute atomic E-state index is 12.7. The summed E-state index contributed by atoms with van der Waals surface area (Å²) < 4.78 is 0. The number of piperazine rings is 1. The monoisotopic (exact) mass is 343 g/mol. The van der Waals surface area contributed by atoms with Gasteiger partial charge in [-0.25, -0.2) is 0 Å². The molecule has 0 radical (unpaired) electrons. The summed E-state index contributed by atoms with van der Waals surface area (Å²) in [4.78, 5) is 39.1. The van der Waals surface area contributed by atoms with Gasteiger partial charge in [-0.3, -0.25) is 14.4 Å². The van der Waals surface area contributed by atoms with Crippen molar-refractivity contribution >= 4 is 17.7 Å². The predicted octanol–water partition coefficient (Wildman–Crippen LogP) is 1.24. The average Bonchev–Trinajstić information content (AvgIpc) is 3.02. The predicted molar refractivity (Wildman–Crippen MR) is 93.9 cm³/mol. The zero-order valence-electron chi connectivity index (χ0n) is 14.9. The number of fused-ring (bicyclic) bond motifs is 1. The van der Waals surface area contributed by atoms with Crippen LogP contribution in [0.1, 0.15) is 42.6 Å². The lowest BCUT2D eigenvalue weighted by Gasteiger charge is -2.36. The second kappa shape index (κ2) is 6.86. The third kappa shape index (κ3) is 3.38. The molecule has 0 saturated carbocycles. The fraction of sp³-hybridized carbons (Fsp3) is 0.526. The Morgan fingerprint density at radius 1 is 1.32 bits per heavy atom. The van der Waals surface area contributed by atoms with Crippen molar-refractivity contribution in [3.8, 4) is 0 Å².